The summed E-state index contributed by atoms with van der Waals surface area (Å²) in [5.74, 6) is 1.59. The predicted molar refractivity (Wildman–Crippen MR) is 78.4 cm³/mol. The van der Waals surface area contributed by atoms with Crippen molar-refractivity contribution in [2.75, 3.05) is 0 Å². The number of hydrogen-bond donors (Lipinski definition) is 0. The minimum absolute atomic E-state index is 0.0000463. The maximum Gasteiger partial charge on any atom is 0.164 e. The van der Waals surface area contributed by atoms with Gasteiger partial charge in [-0.15, -0.1) is 0 Å². The number of rotatable bonds is 4. The zero-order valence-corrected chi connectivity index (χ0v) is 12.7. The lowest BCUT2D eigenvalue weighted by atomic mass is 9.83. The Morgan fingerprint density at radius 1 is 1.33 bits per heavy atom. The number of aryl methyl sites for hydroxylation is 2. The number of carbonyl (C=O) groups excluding carboxylic acids is 1. The van der Waals surface area contributed by atoms with E-state index in [2.05, 4.69) is 16.0 Å². The monoisotopic (exact) mass is 283 g/mol. The fourth-order valence-electron chi connectivity index (χ4n) is 4.16. The minimum Gasteiger partial charge on any atom is -0.298 e. The van der Waals surface area contributed by atoms with Gasteiger partial charge in [-0.1, -0.05) is 6.42 Å². The maximum atomic E-state index is 12.5. The molecule has 0 unspecified atom stereocenters. The molecule has 3 rings (SSSR count). The van der Waals surface area contributed by atoms with Crippen molar-refractivity contribution in [1.29, 1.82) is 5.26 Å². The number of Topliss-reactive ketones (excluding diaryl/α,β-unsaturated/α-hetero) is 1. The fraction of sp³-hybridized carbons (Fsp3) is 0.647. The highest BCUT2D eigenvalue weighted by molar-refractivity contribution is 5.87. The lowest BCUT2D eigenvalue weighted by Crippen LogP contribution is -2.21. The van der Waals surface area contributed by atoms with E-state index in [9.17, 15) is 10.1 Å². The molecule has 4 heteroatoms. The first-order valence-corrected chi connectivity index (χ1v) is 7.81. The highest BCUT2D eigenvalue weighted by atomic mass is 16.1. The van der Waals surface area contributed by atoms with Crippen LogP contribution in [-0.2, 0) is 4.79 Å². The van der Waals surface area contributed by atoms with Crippen LogP contribution in [0, 0.1) is 42.9 Å². The van der Waals surface area contributed by atoms with Gasteiger partial charge in [-0.25, -0.2) is 9.97 Å². The Hall–Kier alpha value is -1.76. The van der Waals surface area contributed by atoms with Gasteiger partial charge in [0, 0.05) is 17.8 Å². The van der Waals surface area contributed by atoms with E-state index in [0.717, 1.165) is 17.3 Å². The molecule has 0 amide bonds. The number of aromatic nitrogens is 2. The average Bonchev–Trinajstić information content (AvgIpc) is 3.00. The third-order valence-corrected chi connectivity index (χ3v) is 5.06. The minimum atomic E-state index is -0.803. The van der Waals surface area contributed by atoms with Crippen LogP contribution in [-0.4, -0.2) is 15.8 Å². The number of nitriles is 1. The molecule has 4 nitrogen and oxygen atoms in total. The molecule has 2 aliphatic rings. The molecule has 1 aromatic rings. The molecule has 2 aliphatic carbocycles. The van der Waals surface area contributed by atoms with Crippen LogP contribution < -0.4 is 0 Å². The van der Waals surface area contributed by atoms with E-state index in [1.165, 1.54) is 25.7 Å². The smallest absolute Gasteiger partial charge is 0.164 e. The molecule has 0 radical (unpaired) electrons. The average molecular weight is 283 g/mol. The van der Waals surface area contributed by atoms with Crippen LogP contribution in [0.4, 0.5) is 0 Å². The molecule has 2 fully saturated rings. The van der Waals surface area contributed by atoms with E-state index in [-0.39, 0.29) is 5.78 Å². The van der Waals surface area contributed by atoms with Crippen molar-refractivity contribution in [1.82, 2.24) is 9.97 Å². The van der Waals surface area contributed by atoms with Crippen molar-refractivity contribution in [2.45, 2.75) is 51.9 Å². The molecule has 2 bridgehead atoms. The van der Waals surface area contributed by atoms with E-state index in [0.29, 0.717) is 24.1 Å². The fourth-order valence-corrected chi connectivity index (χ4v) is 4.16. The lowest BCUT2D eigenvalue weighted by Gasteiger charge is -2.21. The predicted octanol–water partition coefficient (Wildman–Crippen LogP) is 3.10. The summed E-state index contributed by atoms with van der Waals surface area (Å²) in [4.78, 5) is 21.1. The van der Waals surface area contributed by atoms with E-state index in [1.807, 2.05) is 19.9 Å². The number of ketones is 1. The van der Waals surface area contributed by atoms with Crippen LogP contribution in [0.25, 0.3) is 0 Å². The second kappa shape index (κ2) is 5.55. The standard InChI is InChI=1S/C17H21N3O/c1-10-5-11(2)20-17(19-10)15(9-18)16(21)8-14-7-12-3-4-13(14)6-12/h5,12-15H,3-4,6-8H2,1-2H3/t12-,13-,14-,15+/m0/s1. The molecular formula is C17H21N3O. The zero-order valence-electron chi connectivity index (χ0n) is 12.7. The molecule has 0 saturated heterocycles. The molecule has 1 heterocycles. The molecule has 0 aliphatic heterocycles. The van der Waals surface area contributed by atoms with Gasteiger partial charge < -0.3 is 0 Å². The van der Waals surface area contributed by atoms with Crippen LogP contribution >= 0.6 is 0 Å². The molecule has 110 valence electrons. The summed E-state index contributed by atoms with van der Waals surface area (Å²) < 4.78 is 0. The van der Waals surface area contributed by atoms with Crippen LogP contribution in [0.5, 0.6) is 0 Å². The van der Waals surface area contributed by atoms with Crippen LogP contribution in [0.3, 0.4) is 0 Å². The van der Waals surface area contributed by atoms with Crippen molar-refractivity contribution in [3.63, 3.8) is 0 Å². The van der Waals surface area contributed by atoms with Gasteiger partial charge in [0.25, 0.3) is 0 Å². The zero-order chi connectivity index (χ0) is 15.0. The molecule has 0 spiro atoms. The van der Waals surface area contributed by atoms with Crippen LogP contribution in [0.15, 0.2) is 6.07 Å². The van der Waals surface area contributed by atoms with Crippen molar-refractivity contribution in [3.05, 3.63) is 23.3 Å². The van der Waals surface area contributed by atoms with Crippen molar-refractivity contribution in [2.24, 2.45) is 17.8 Å². The Bertz CT molecular complexity index is 584. The number of carbonyl (C=O) groups is 1. The van der Waals surface area contributed by atoms with Gasteiger partial charge in [-0.2, -0.15) is 5.26 Å². The first-order valence-electron chi connectivity index (χ1n) is 7.81. The van der Waals surface area contributed by atoms with E-state index < -0.39 is 5.92 Å². The van der Waals surface area contributed by atoms with E-state index in [4.69, 9.17) is 0 Å². The van der Waals surface area contributed by atoms with Gasteiger partial charge >= 0.3 is 0 Å². The number of fused-ring (bicyclic) bond motifs is 2. The van der Waals surface area contributed by atoms with Crippen LogP contribution in [0.2, 0.25) is 0 Å². The molecule has 2 saturated carbocycles. The highest BCUT2D eigenvalue weighted by Gasteiger charge is 2.41. The maximum absolute atomic E-state index is 12.5. The number of nitrogens with zero attached hydrogens (tertiary/aromatic N) is 3. The largest absolute Gasteiger partial charge is 0.298 e. The molecule has 0 N–H and O–H groups in total. The van der Waals surface area contributed by atoms with Gasteiger partial charge in [0.2, 0.25) is 0 Å². The SMILES string of the molecule is Cc1cc(C)nc([C@H](C#N)C(=O)C[C@@H]2C[C@H]3CC[C@H]2C3)n1. The molecular weight excluding hydrogens is 262 g/mol. The number of hydrogen-bond acceptors (Lipinski definition) is 4. The van der Waals surface area contributed by atoms with E-state index in [1.54, 1.807) is 0 Å². The highest BCUT2D eigenvalue weighted by Crippen LogP contribution is 2.49. The summed E-state index contributed by atoms with van der Waals surface area (Å²) in [6.07, 6.45) is 5.57. The molecule has 21 heavy (non-hydrogen) atoms. The van der Waals surface area contributed by atoms with Gasteiger partial charge in [0.15, 0.2) is 17.5 Å². The lowest BCUT2D eigenvalue weighted by molar-refractivity contribution is -0.120. The topological polar surface area (TPSA) is 66.6 Å². The molecule has 1 aromatic heterocycles. The summed E-state index contributed by atoms with van der Waals surface area (Å²) in [6.45, 7) is 3.74. The first kappa shape index (κ1) is 14.2. The van der Waals surface area contributed by atoms with Crippen molar-refractivity contribution >= 4 is 5.78 Å². The third-order valence-electron chi connectivity index (χ3n) is 5.06. The van der Waals surface area contributed by atoms with Gasteiger partial charge in [-0.05, 0) is 56.9 Å². The van der Waals surface area contributed by atoms with E-state index >= 15 is 0 Å². The Morgan fingerprint density at radius 3 is 2.57 bits per heavy atom. The summed E-state index contributed by atoms with van der Waals surface area (Å²) in [5, 5.41) is 9.39. The second-order valence-electron chi connectivity index (χ2n) is 6.68. The Morgan fingerprint density at radius 2 is 2.05 bits per heavy atom. The van der Waals surface area contributed by atoms with Crippen molar-refractivity contribution < 1.29 is 4.79 Å². The molecule has 4 atom stereocenters. The normalized spacial score (nSPS) is 28.3. The Kier molecular flexibility index (Phi) is 3.75. The Labute approximate surface area is 125 Å². The van der Waals surface area contributed by atoms with Crippen molar-refractivity contribution in [3.8, 4) is 6.07 Å². The van der Waals surface area contributed by atoms with Gasteiger partial charge in [0.05, 0.1) is 6.07 Å². The first-order chi connectivity index (χ1) is 10.1. The Balaban J connectivity index is 1.74. The second-order valence-corrected chi connectivity index (χ2v) is 6.68. The summed E-state index contributed by atoms with van der Waals surface area (Å²) in [6, 6.07) is 3.98. The molecule has 0 aromatic carbocycles. The summed E-state index contributed by atoms with van der Waals surface area (Å²) in [5.41, 5.74) is 1.62. The third kappa shape index (κ3) is 2.83. The quantitative estimate of drug-likeness (QED) is 0.851. The van der Waals surface area contributed by atoms with Crippen LogP contribution in [0.1, 0.15) is 55.2 Å². The summed E-state index contributed by atoms with van der Waals surface area (Å²) >= 11 is 0. The van der Waals surface area contributed by atoms with Gasteiger partial charge in [-0.3, -0.25) is 4.79 Å². The van der Waals surface area contributed by atoms with Gasteiger partial charge in [0.1, 0.15) is 0 Å². The summed E-state index contributed by atoms with van der Waals surface area (Å²) in [7, 11) is 0.